The number of ether oxygens (including phenoxy) is 3. The summed E-state index contributed by atoms with van der Waals surface area (Å²) >= 11 is 0. The third kappa shape index (κ3) is 49.6. The Morgan fingerprint density at radius 3 is 1.06 bits per heavy atom. The summed E-state index contributed by atoms with van der Waals surface area (Å²) in [5.74, 6) is -0.981. The maximum absolute atomic E-state index is 12.8. The molecule has 64 heavy (non-hydrogen) atoms. The molecule has 6 nitrogen and oxygen atoms in total. The van der Waals surface area contributed by atoms with E-state index < -0.39 is 6.10 Å². The Bertz CT molecular complexity index is 1250. The monoisotopic (exact) mass is 891 g/mol. The van der Waals surface area contributed by atoms with Gasteiger partial charge in [0, 0.05) is 19.3 Å². The van der Waals surface area contributed by atoms with Crippen LogP contribution >= 0.6 is 0 Å². The summed E-state index contributed by atoms with van der Waals surface area (Å²) in [5.41, 5.74) is 0. The maximum Gasteiger partial charge on any atom is 0.306 e. The summed E-state index contributed by atoms with van der Waals surface area (Å²) < 4.78 is 16.7. The average molecular weight is 891 g/mol. The Morgan fingerprint density at radius 2 is 0.656 bits per heavy atom. The first-order valence-corrected chi connectivity index (χ1v) is 26.6. The number of unbranched alkanes of at least 4 members (excludes halogenated alkanes) is 24. The summed E-state index contributed by atoms with van der Waals surface area (Å²) in [7, 11) is 0. The number of rotatable bonds is 47. The van der Waals surface area contributed by atoms with Crippen molar-refractivity contribution >= 4 is 17.9 Å². The van der Waals surface area contributed by atoms with Gasteiger partial charge < -0.3 is 14.2 Å². The van der Waals surface area contributed by atoms with Gasteiger partial charge in [0.15, 0.2) is 6.10 Å². The largest absolute Gasteiger partial charge is 0.462 e. The molecule has 1 unspecified atom stereocenters. The first kappa shape index (κ1) is 60.6. The zero-order valence-electron chi connectivity index (χ0n) is 41.8. The highest BCUT2D eigenvalue weighted by atomic mass is 16.6. The number of hydrogen-bond donors (Lipinski definition) is 0. The Balaban J connectivity index is 4.51. The first-order valence-electron chi connectivity index (χ1n) is 26.6. The molecular formula is C58H98O6. The number of allylic oxidation sites excluding steroid dienone is 14. The molecular weight excluding hydrogens is 793 g/mol. The van der Waals surface area contributed by atoms with Gasteiger partial charge in [0.05, 0.1) is 0 Å². The Morgan fingerprint density at radius 1 is 0.344 bits per heavy atom. The second-order valence-corrected chi connectivity index (χ2v) is 17.5. The molecule has 6 heteroatoms. The predicted octanol–water partition coefficient (Wildman–Crippen LogP) is 17.6. The van der Waals surface area contributed by atoms with E-state index in [0.717, 1.165) is 116 Å². The van der Waals surface area contributed by atoms with Crippen LogP contribution < -0.4 is 0 Å². The van der Waals surface area contributed by atoms with Crippen molar-refractivity contribution in [2.24, 2.45) is 0 Å². The van der Waals surface area contributed by atoms with Crippen molar-refractivity contribution < 1.29 is 28.6 Å². The van der Waals surface area contributed by atoms with Crippen LogP contribution in [0.4, 0.5) is 0 Å². The molecule has 0 amide bonds. The smallest absolute Gasteiger partial charge is 0.306 e. The fourth-order valence-corrected chi connectivity index (χ4v) is 7.14. The quantitative estimate of drug-likeness (QED) is 0.0199. The molecule has 0 rings (SSSR count). The molecule has 0 aromatic heterocycles. The van der Waals surface area contributed by atoms with Crippen molar-refractivity contribution in [3.8, 4) is 0 Å². The van der Waals surface area contributed by atoms with E-state index in [2.05, 4.69) is 106 Å². The average Bonchev–Trinajstić information content (AvgIpc) is 3.29. The van der Waals surface area contributed by atoms with Gasteiger partial charge in [0.2, 0.25) is 0 Å². The third-order valence-corrected chi connectivity index (χ3v) is 11.2. The second-order valence-electron chi connectivity index (χ2n) is 17.5. The lowest BCUT2D eigenvalue weighted by atomic mass is 10.1. The highest BCUT2D eigenvalue weighted by molar-refractivity contribution is 5.71. The molecule has 0 fully saturated rings. The van der Waals surface area contributed by atoms with E-state index in [1.807, 2.05) is 0 Å². The third-order valence-electron chi connectivity index (χ3n) is 11.2. The number of carbonyl (C=O) groups excluding carboxylic acids is 3. The molecule has 0 aromatic carbocycles. The Hall–Kier alpha value is -3.41. The van der Waals surface area contributed by atoms with Crippen LogP contribution in [-0.2, 0) is 28.6 Å². The van der Waals surface area contributed by atoms with Crippen LogP contribution in [0, 0.1) is 0 Å². The van der Waals surface area contributed by atoms with E-state index in [1.165, 1.54) is 89.9 Å². The zero-order valence-corrected chi connectivity index (χ0v) is 41.8. The number of esters is 3. The summed E-state index contributed by atoms with van der Waals surface area (Å²) in [4.78, 5) is 38.0. The molecule has 1 atom stereocenters. The van der Waals surface area contributed by atoms with E-state index in [4.69, 9.17) is 14.2 Å². The summed E-state index contributed by atoms with van der Waals surface area (Å²) in [6, 6.07) is 0. The van der Waals surface area contributed by atoms with E-state index in [0.29, 0.717) is 12.8 Å². The molecule has 0 bridgehead atoms. The van der Waals surface area contributed by atoms with Gasteiger partial charge in [0.25, 0.3) is 0 Å². The first-order chi connectivity index (χ1) is 31.5. The van der Waals surface area contributed by atoms with Gasteiger partial charge in [0.1, 0.15) is 13.2 Å². The van der Waals surface area contributed by atoms with Gasteiger partial charge in [-0.1, -0.05) is 209 Å². The normalized spacial score (nSPS) is 12.7. The van der Waals surface area contributed by atoms with E-state index >= 15 is 0 Å². The molecule has 0 aliphatic carbocycles. The fraction of sp³-hybridized carbons (Fsp3) is 0.707. The molecule has 0 aliphatic rings. The van der Waals surface area contributed by atoms with Gasteiger partial charge in [-0.25, -0.2) is 0 Å². The van der Waals surface area contributed by atoms with E-state index in [9.17, 15) is 14.4 Å². The van der Waals surface area contributed by atoms with Crippen molar-refractivity contribution in [1.82, 2.24) is 0 Å². The number of hydrogen-bond acceptors (Lipinski definition) is 6. The maximum atomic E-state index is 12.8. The van der Waals surface area contributed by atoms with Gasteiger partial charge in [-0.2, -0.15) is 0 Å². The fourth-order valence-electron chi connectivity index (χ4n) is 7.14. The van der Waals surface area contributed by atoms with Crippen molar-refractivity contribution in [3.63, 3.8) is 0 Å². The molecule has 366 valence electrons. The van der Waals surface area contributed by atoms with Crippen molar-refractivity contribution in [2.45, 2.75) is 252 Å². The second kappa shape index (κ2) is 52.2. The molecule has 0 radical (unpaired) electrons. The van der Waals surface area contributed by atoms with Crippen LogP contribution in [-0.4, -0.2) is 37.2 Å². The molecule has 0 aliphatic heterocycles. The molecule has 0 saturated heterocycles. The molecule has 0 N–H and O–H groups in total. The van der Waals surface area contributed by atoms with Crippen molar-refractivity contribution in [1.29, 1.82) is 0 Å². The molecule has 0 saturated carbocycles. The topological polar surface area (TPSA) is 78.9 Å². The SMILES string of the molecule is CC/C=C\C/C=C\C/C=C\CCCCCCC(=O)OCC(COC(=O)CCCCC/C=C\C=C/CCCCCCCCC)OC(=O)CCCCC/C=C\C=C/CCCCCCCCC. The molecule has 0 aromatic rings. The van der Waals surface area contributed by atoms with Gasteiger partial charge in [-0.05, 0) is 103 Å². The molecule has 0 heterocycles. The van der Waals surface area contributed by atoms with Crippen LogP contribution in [0.3, 0.4) is 0 Å². The Kier molecular flexibility index (Phi) is 49.4. The van der Waals surface area contributed by atoms with Crippen LogP contribution in [0.25, 0.3) is 0 Å². The standard InChI is InChI=1S/C58H98O6/c1-4-7-10-13-16-19-22-25-28-30-33-36-39-42-45-48-51-57(60)63-54-55(53-62-56(59)50-47-44-41-38-35-32-27-24-21-18-15-12-9-6-3)64-58(61)52-49-46-43-40-37-34-31-29-26-23-20-17-14-11-8-5-2/h9,12,18,21,27-34,36-37,55H,4-8,10-11,13-17,19-20,22-26,35,38-54H2,1-3H3/b12-9-,21-18-,30-28-,31-29-,32-27-,36-33-,37-34-. The molecule has 0 spiro atoms. The zero-order chi connectivity index (χ0) is 46.5. The van der Waals surface area contributed by atoms with Gasteiger partial charge >= 0.3 is 17.9 Å². The lowest BCUT2D eigenvalue weighted by Crippen LogP contribution is -2.30. The predicted molar refractivity (Wildman–Crippen MR) is 274 cm³/mol. The van der Waals surface area contributed by atoms with Crippen molar-refractivity contribution in [3.05, 3.63) is 85.1 Å². The van der Waals surface area contributed by atoms with Gasteiger partial charge in [-0.3, -0.25) is 14.4 Å². The summed E-state index contributed by atoms with van der Waals surface area (Å²) in [6.45, 7) is 6.45. The van der Waals surface area contributed by atoms with Crippen LogP contribution in [0.15, 0.2) is 85.1 Å². The van der Waals surface area contributed by atoms with Crippen molar-refractivity contribution in [2.75, 3.05) is 13.2 Å². The van der Waals surface area contributed by atoms with E-state index in [-0.39, 0.29) is 37.5 Å². The van der Waals surface area contributed by atoms with Crippen LogP contribution in [0.2, 0.25) is 0 Å². The number of carbonyl (C=O) groups is 3. The minimum Gasteiger partial charge on any atom is -0.462 e. The van der Waals surface area contributed by atoms with Crippen LogP contribution in [0.1, 0.15) is 245 Å². The highest BCUT2D eigenvalue weighted by Crippen LogP contribution is 2.13. The van der Waals surface area contributed by atoms with Crippen LogP contribution in [0.5, 0.6) is 0 Å². The minimum absolute atomic E-state index is 0.108. The summed E-state index contributed by atoms with van der Waals surface area (Å²) in [5, 5.41) is 0. The minimum atomic E-state index is -0.811. The Labute approximate surface area is 395 Å². The highest BCUT2D eigenvalue weighted by Gasteiger charge is 2.19. The van der Waals surface area contributed by atoms with E-state index in [1.54, 1.807) is 0 Å². The summed E-state index contributed by atoms with van der Waals surface area (Å²) in [6.07, 6.45) is 67.1. The van der Waals surface area contributed by atoms with Gasteiger partial charge in [-0.15, -0.1) is 0 Å². The lowest BCUT2D eigenvalue weighted by Gasteiger charge is -2.18. The lowest BCUT2D eigenvalue weighted by molar-refractivity contribution is -0.167.